The molecule has 2 N–H and O–H groups in total. The lowest BCUT2D eigenvalue weighted by Crippen LogP contribution is -2.36. The molecule has 0 radical (unpaired) electrons. The number of amides is 2. The van der Waals surface area contributed by atoms with Crippen molar-refractivity contribution in [3.8, 4) is 0 Å². The summed E-state index contributed by atoms with van der Waals surface area (Å²) in [6.07, 6.45) is 3.55. The molecule has 2 amide bonds. The van der Waals surface area contributed by atoms with Crippen molar-refractivity contribution in [1.29, 1.82) is 0 Å². The molecule has 1 aliphatic heterocycles. The minimum absolute atomic E-state index is 0.128. The summed E-state index contributed by atoms with van der Waals surface area (Å²) < 4.78 is 6.93. The third-order valence-corrected chi connectivity index (χ3v) is 4.67. The van der Waals surface area contributed by atoms with Gasteiger partial charge in [-0.05, 0) is 42.9 Å². The van der Waals surface area contributed by atoms with E-state index in [1.807, 2.05) is 37.3 Å². The van der Waals surface area contributed by atoms with E-state index in [0.29, 0.717) is 5.92 Å². The molecular weight excluding hydrogens is 330 g/mol. The quantitative estimate of drug-likeness (QED) is 0.866. The van der Waals surface area contributed by atoms with Gasteiger partial charge in [0.15, 0.2) is 0 Å². The summed E-state index contributed by atoms with van der Waals surface area (Å²) in [7, 11) is 1.67. The smallest absolute Gasteiger partial charge is 0.319 e. The van der Waals surface area contributed by atoms with E-state index >= 15 is 0 Å². The molecule has 6 heteroatoms. The second-order valence-corrected chi connectivity index (χ2v) is 6.87. The summed E-state index contributed by atoms with van der Waals surface area (Å²) in [6.45, 7) is 3.39. The summed E-state index contributed by atoms with van der Waals surface area (Å²) in [5, 5.41) is 5.72. The zero-order valence-corrected chi connectivity index (χ0v) is 15.2. The Morgan fingerprint density at radius 2 is 2.12 bits per heavy atom. The monoisotopic (exact) mass is 355 g/mol. The first-order valence-corrected chi connectivity index (χ1v) is 8.90. The van der Waals surface area contributed by atoms with Gasteiger partial charge >= 0.3 is 6.03 Å². The number of pyridine rings is 1. The number of nitrogens with zero attached hydrogens (tertiary/aromatic N) is 1. The van der Waals surface area contributed by atoms with Gasteiger partial charge in [-0.15, -0.1) is 0 Å². The number of carbonyl (C=O) groups is 1. The van der Waals surface area contributed by atoms with Crippen LogP contribution in [0.15, 0.2) is 47.4 Å². The number of carbonyl (C=O) groups excluding carboxylic acids is 1. The number of anilines is 1. The van der Waals surface area contributed by atoms with Gasteiger partial charge in [0.2, 0.25) is 0 Å². The zero-order valence-electron chi connectivity index (χ0n) is 15.2. The van der Waals surface area contributed by atoms with Crippen molar-refractivity contribution in [3.05, 3.63) is 64.1 Å². The second kappa shape index (κ2) is 8.19. The summed E-state index contributed by atoms with van der Waals surface area (Å²) in [4.78, 5) is 24.7. The van der Waals surface area contributed by atoms with Crippen LogP contribution in [0.1, 0.15) is 30.0 Å². The van der Waals surface area contributed by atoms with Crippen LogP contribution in [0.4, 0.5) is 10.5 Å². The number of benzene rings is 1. The van der Waals surface area contributed by atoms with Crippen molar-refractivity contribution in [2.75, 3.05) is 18.5 Å². The standard InChI is InChI=1S/C20H25N3O3/c1-14-10-18(19(24)23(2)12-14)22-20(25)21-17(11-15-8-9-26-13-15)16-6-4-3-5-7-16/h3-7,10,12,15,17H,8-9,11,13H2,1-2H3,(H2,21,22,25). The molecule has 2 heterocycles. The number of aryl methyl sites for hydroxylation is 2. The topological polar surface area (TPSA) is 72.4 Å². The van der Waals surface area contributed by atoms with Crippen LogP contribution in [0, 0.1) is 12.8 Å². The second-order valence-electron chi connectivity index (χ2n) is 6.87. The van der Waals surface area contributed by atoms with E-state index in [0.717, 1.165) is 37.2 Å². The molecule has 0 spiro atoms. The molecule has 1 aromatic heterocycles. The molecule has 2 atom stereocenters. The first-order chi connectivity index (χ1) is 12.5. The first-order valence-electron chi connectivity index (χ1n) is 8.90. The number of nitrogens with one attached hydrogen (secondary N) is 2. The number of rotatable bonds is 5. The highest BCUT2D eigenvalue weighted by atomic mass is 16.5. The van der Waals surface area contributed by atoms with E-state index < -0.39 is 0 Å². The average Bonchev–Trinajstić information content (AvgIpc) is 3.12. The highest BCUT2D eigenvalue weighted by Gasteiger charge is 2.23. The van der Waals surface area contributed by atoms with Crippen molar-refractivity contribution >= 4 is 11.7 Å². The van der Waals surface area contributed by atoms with Crippen LogP contribution in [0.5, 0.6) is 0 Å². The van der Waals surface area contributed by atoms with Gasteiger partial charge in [0.1, 0.15) is 5.69 Å². The predicted octanol–water partition coefficient (Wildman–Crippen LogP) is 2.98. The Morgan fingerprint density at radius 3 is 2.81 bits per heavy atom. The molecule has 1 fully saturated rings. The zero-order chi connectivity index (χ0) is 18.5. The molecule has 0 bridgehead atoms. The van der Waals surface area contributed by atoms with Gasteiger partial charge in [-0.2, -0.15) is 0 Å². The van der Waals surface area contributed by atoms with Crippen LogP contribution < -0.4 is 16.2 Å². The van der Waals surface area contributed by atoms with Gasteiger partial charge < -0.3 is 19.9 Å². The van der Waals surface area contributed by atoms with Gasteiger partial charge in [0.25, 0.3) is 5.56 Å². The largest absolute Gasteiger partial charge is 0.381 e. The maximum absolute atomic E-state index is 12.5. The minimum Gasteiger partial charge on any atom is -0.381 e. The summed E-state index contributed by atoms with van der Waals surface area (Å²) in [6, 6.07) is 11.1. The van der Waals surface area contributed by atoms with Crippen LogP contribution in [0.25, 0.3) is 0 Å². The summed E-state index contributed by atoms with van der Waals surface area (Å²) in [5.41, 5.74) is 2.00. The van der Waals surface area contributed by atoms with Crippen molar-refractivity contribution in [1.82, 2.24) is 9.88 Å². The Labute approximate surface area is 153 Å². The Balaban J connectivity index is 1.73. The van der Waals surface area contributed by atoms with Gasteiger partial charge in [0, 0.05) is 26.5 Å². The van der Waals surface area contributed by atoms with Crippen molar-refractivity contribution < 1.29 is 9.53 Å². The fourth-order valence-electron chi connectivity index (χ4n) is 3.35. The van der Waals surface area contributed by atoms with E-state index in [4.69, 9.17) is 4.74 Å². The fraction of sp³-hybridized carbons (Fsp3) is 0.400. The third-order valence-electron chi connectivity index (χ3n) is 4.67. The maximum atomic E-state index is 12.5. The van der Waals surface area contributed by atoms with E-state index in [-0.39, 0.29) is 23.3 Å². The van der Waals surface area contributed by atoms with Crippen LogP contribution in [-0.2, 0) is 11.8 Å². The number of urea groups is 1. The van der Waals surface area contributed by atoms with Gasteiger partial charge in [-0.1, -0.05) is 30.3 Å². The van der Waals surface area contributed by atoms with E-state index in [2.05, 4.69) is 10.6 Å². The summed E-state index contributed by atoms with van der Waals surface area (Å²) in [5.74, 6) is 0.423. The summed E-state index contributed by atoms with van der Waals surface area (Å²) >= 11 is 0. The number of aromatic nitrogens is 1. The molecule has 138 valence electrons. The first kappa shape index (κ1) is 18.2. The lowest BCUT2D eigenvalue weighted by molar-refractivity contribution is 0.181. The van der Waals surface area contributed by atoms with Crippen molar-refractivity contribution in [3.63, 3.8) is 0 Å². The minimum atomic E-state index is -0.375. The van der Waals surface area contributed by atoms with Crippen LogP contribution in [0.2, 0.25) is 0 Å². The van der Waals surface area contributed by atoms with E-state index in [9.17, 15) is 9.59 Å². The predicted molar refractivity (Wildman–Crippen MR) is 101 cm³/mol. The van der Waals surface area contributed by atoms with Crippen molar-refractivity contribution in [2.45, 2.75) is 25.8 Å². The molecular formula is C20H25N3O3. The Hall–Kier alpha value is -2.60. The normalized spacial score (nSPS) is 17.7. The molecule has 1 aliphatic rings. The number of ether oxygens (including phenoxy) is 1. The van der Waals surface area contributed by atoms with Gasteiger partial charge in [-0.3, -0.25) is 4.79 Å². The van der Waals surface area contributed by atoms with Crippen LogP contribution in [-0.4, -0.2) is 23.8 Å². The number of hydrogen-bond acceptors (Lipinski definition) is 3. The molecule has 0 saturated carbocycles. The lowest BCUT2D eigenvalue weighted by Gasteiger charge is -2.22. The highest BCUT2D eigenvalue weighted by molar-refractivity contribution is 5.89. The Kier molecular flexibility index (Phi) is 5.73. The maximum Gasteiger partial charge on any atom is 0.319 e. The third kappa shape index (κ3) is 4.52. The molecule has 3 rings (SSSR count). The molecule has 26 heavy (non-hydrogen) atoms. The molecule has 2 unspecified atom stereocenters. The van der Waals surface area contributed by atoms with Crippen LogP contribution in [0.3, 0.4) is 0 Å². The van der Waals surface area contributed by atoms with Crippen molar-refractivity contribution in [2.24, 2.45) is 13.0 Å². The highest BCUT2D eigenvalue weighted by Crippen LogP contribution is 2.26. The molecule has 1 aromatic carbocycles. The lowest BCUT2D eigenvalue weighted by atomic mass is 9.94. The Morgan fingerprint density at radius 1 is 1.35 bits per heavy atom. The van der Waals surface area contributed by atoms with Gasteiger partial charge in [-0.25, -0.2) is 4.79 Å². The van der Waals surface area contributed by atoms with Crippen LogP contribution >= 0.6 is 0 Å². The molecule has 2 aromatic rings. The Bertz CT molecular complexity index is 811. The van der Waals surface area contributed by atoms with E-state index in [1.165, 1.54) is 4.57 Å². The fourth-order valence-corrected chi connectivity index (χ4v) is 3.35. The molecule has 0 aliphatic carbocycles. The average molecular weight is 355 g/mol. The van der Waals surface area contributed by atoms with Gasteiger partial charge in [0.05, 0.1) is 6.04 Å². The molecule has 1 saturated heterocycles. The SMILES string of the molecule is Cc1cc(NC(=O)NC(CC2CCOC2)c2ccccc2)c(=O)n(C)c1. The van der Waals surface area contributed by atoms with E-state index in [1.54, 1.807) is 19.3 Å². The number of hydrogen-bond donors (Lipinski definition) is 2. The molecule has 6 nitrogen and oxygen atoms in total.